The van der Waals surface area contributed by atoms with E-state index in [0.717, 1.165) is 22.6 Å². The van der Waals surface area contributed by atoms with Gasteiger partial charge in [0.1, 0.15) is 18.2 Å². The molecule has 0 aliphatic heterocycles. The predicted molar refractivity (Wildman–Crippen MR) is 131 cm³/mol. The molecule has 2 aromatic heterocycles. The number of nitrogens with zero attached hydrogens (tertiary/aromatic N) is 3. The van der Waals surface area contributed by atoms with Gasteiger partial charge in [0.25, 0.3) is 5.91 Å². The zero-order chi connectivity index (χ0) is 23.4. The van der Waals surface area contributed by atoms with Crippen LogP contribution in [-0.2, 0) is 6.54 Å². The van der Waals surface area contributed by atoms with E-state index >= 15 is 0 Å². The summed E-state index contributed by atoms with van der Waals surface area (Å²) < 4.78 is 8.38. The topological polar surface area (TPSA) is 69.0 Å². The zero-order valence-electron chi connectivity index (χ0n) is 19.6. The van der Waals surface area contributed by atoms with Gasteiger partial charge in [0.2, 0.25) is 0 Å². The molecule has 1 unspecified atom stereocenters. The number of hydrogen-bond donors (Lipinski definition) is 1. The molecule has 0 saturated carbocycles. The van der Waals surface area contributed by atoms with E-state index in [9.17, 15) is 4.79 Å². The summed E-state index contributed by atoms with van der Waals surface area (Å²) in [6.07, 6.45) is 3.23. The number of ether oxygens (including phenoxy) is 1. The molecule has 2 aromatic carbocycles. The van der Waals surface area contributed by atoms with E-state index in [1.165, 1.54) is 11.1 Å². The Balaban J connectivity index is 1.56. The maximum atomic E-state index is 12.7. The normalized spacial score (nSPS) is 12.2. The van der Waals surface area contributed by atoms with Crippen molar-refractivity contribution in [3.05, 3.63) is 89.5 Å². The van der Waals surface area contributed by atoms with Gasteiger partial charge in [-0.05, 0) is 61.2 Å². The van der Waals surface area contributed by atoms with E-state index in [1.807, 2.05) is 25.1 Å². The van der Waals surface area contributed by atoms with Gasteiger partial charge in [-0.3, -0.25) is 9.78 Å². The average molecular weight is 443 g/mol. The SMILES string of the molecule is Cc1ccc(C(C)C)c(OCCn2c(C(C)NC(=O)c3ccncc3)nc3ccccc32)c1. The highest BCUT2D eigenvalue weighted by Crippen LogP contribution is 2.28. The lowest BCUT2D eigenvalue weighted by Crippen LogP contribution is -2.29. The molecule has 0 aliphatic rings. The standard InChI is InChI=1S/C27H30N4O2/c1-18(2)22-10-9-19(3)17-25(22)33-16-15-31-24-8-6-5-7-23(24)30-26(31)20(4)29-27(32)21-11-13-28-14-12-21/h5-14,17-18,20H,15-16H2,1-4H3,(H,29,32). The van der Waals surface area contributed by atoms with Gasteiger partial charge in [-0.15, -0.1) is 0 Å². The van der Waals surface area contributed by atoms with Crippen molar-refractivity contribution in [2.75, 3.05) is 6.61 Å². The summed E-state index contributed by atoms with van der Waals surface area (Å²) in [7, 11) is 0. The highest BCUT2D eigenvalue weighted by molar-refractivity contribution is 5.94. The van der Waals surface area contributed by atoms with E-state index in [-0.39, 0.29) is 11.9 Å². The van der Waals surface area contributed by atoms with Crippen LogP contribution in [0.15, 0.2) is 67.0 Å². The second-order valence-electron chi connectivity index (χ2n) is 8.59. The largest absolute Gasteiger partial charge is 0.491 e. The Hall–Kier alpha value is -3.67. The van der Waals surface area contributed by atoms with Crippen molar-refractivity contribution in [1.82, 2.24) is 19.9 Å². The summed E-state index contributed by atoms with van der Waals surface area (Å²) in [6.45, 7) is 9.50. The molecular formula is C27H30N4O2. The van der Waals surface area contributed by atoms with E-state index in [0.29, 0.717) is 24.6 Å². The monoisotopic (exact) mass is 442 g/mol. The van der Waals surface area contributed by atoms with Crippen molar-refractivity contribution in [2.45, 2.75) is 46.2 Å². The number of imidazole rings is 1. The summed E-state index contributed by atoms with van der Waals surface area (Å²) in [4.78, 5) is 21.5. The number of fused-ring (bicyclic) bond motifs is 1. The quantitative estimate of drug-likeness (QED) is 0.395. The minimum Gasteiger partial charge on any atom is -0.491 e. The van der Waals surface area contributed by atoms with Crippen molar-refractivity contribution in [2.24, 2.45) is 0 Å². The number of carbonyl (C=O) groups is 1. The van der Waals surface area contributed by atoms with Crippen LogP contribution in [0.4, 0.5) is 0 Å². The Morgan fingerprint density at radius 1 is 1.06 bits per heavy atom. The summed E-state index contributed by atoms with van der Waals surface area (Å²) in [5.41, 5.74) is 4.87. The summed E-state index contributed by atoms with van der Waals surface area (Å²) in [5.74, 6) is 1.96. The van der Waals surface area contributed by atoms with Gasteiger partial charge in [0, 0.05) is 18.0 Å². The van der Waals surface area contributed by atoms with Gasteiger partial charge in [-0.25, -0.2) is 4.98 Å². The molecule has 170 valence electrons. The summed E-state index contributed by atoms with van der Waals surface area (Å²) in [5, 5.41) is 3.06. The molecule has 0 saturated heterocycles. The fourth-order valence-electron chi connectivity index (χ4n) is 4.00. The van der Waals surface area contributed by atoms with E-state index in [2.05, 4.69) is 59.9 Å². The summed E-state index contributed by atoms with van der Waals surface area (Å²) in [6, 6.07) is 17.5. The van der Waals surface area contributed by atoms with Crippen LogP contribution in [0.25, 0.3) is 11.0 Å². The maximum Gasteiger partial charge on any atom is 0.251 e. The first-order valence-corrected chi connectivity index (χ1v) is 11.3. The van der Waals surface area contributed by atoms with E-state index in [4.69, 9.17) is 9.72 Å². The minimum absolute atomic E-state index is 0.152. The molecule has 4 aromatic rings. The van der Waals surface area contributed by atoms with Crippen molar-refractivity contribution >= 4 is 16.9 Å². The van der Waals surface area contributed by atoms with Gasteiger partial charge in [-0.2, -0.15) is 0 Å². The number of rotatable bonds is 8. The van der Waals surface area contributed by atoms with Crippen molar-refractivity contribution in [3.8, 4) is 5.75 Å². The minimum atomic E-state index is -0.275. The molecule has 1 atom stereocenters. The second kappa shape index (κ2) is 9.86. The molecule has 0 spiro atoms. The molecule has 33 heavy (non-hydrogen) atoms. The van der Waals surface area contributed by atoms with Crippen LogP contribution in [-0.4, -0.2) is 27.0 Å². The van der Waals surface area contributed by atoms with Crippen LogP contribution in [0.1, 0.15) is 60.0 Å². The molecule has 2 heterocycles. The Morgan fingerprint density at radius 2 is 1.82 bits per heavy atom. The molecule has 6 heteroatoms. The van der Waals surface area contributed by atoms with Crippen molar-refractivity contribution in [3.63, 3.8) is 0 Å². The van der Waals surface area contributed by atoms with Crippen molar-refractivity contribution < 1.29 is 9.53 Å². The Morgan fingerprint density at radius 3 is 2.58 bits per heavy atom. The van der Waals surface area contributed by atoms with E-state index < -0.39 is 0 Å². The van der Waals surface area contributed by atoms with Gasteiger partial charge in [0.05, 0.1) is 23.6 Å². The molecule has 0 radical (unpaired) electrons. The number of para-hydroxylation sites is 2. The van der Waals surface area contributed by atoms with Gasteiger partial charge in [0.15, 0.2) is 0 Å². The number of carbonyl (C=O) groups excluding carboxylic acids is 1. The maximum absolute atomic E-state index is 12.7. The lowest BCUT2D eigenvalue weighted by Gasteiger charge is -2.18. The first-order valence-electron chi connectivity index (χ1n) is 11.3. The number of aromatic nitrogens is 3. The van der Waals surface area contributed by atoms with Crippen LogP contribution < -0.4 is 10.1 Å². The van der Waals surface area contributed by atoms with Crippen LogP contribution in [0.2, 0.25) is 0 Å². The highest BCUT2D eigenvalue weighted by atomic mass is 16.5. The first-order chi connectivity index (χ1) is 15.9. The van der Waals surface area contributed by atoms with Crippen LogP contribution in [0.5, 0.6) is 5.75 Å². The second-order valence-corrected chi connectivity index (χ2v) is 8.59. The molecule has 0 aliphatic carbocycles. The van der Waals surface area contributed by atoms with Gasteiger partial charge in [-0.1, -0.05) is 38.1 Å². The van der Waals surface area contributed by atoms with Crippen LogP contribution >= 0.6 is 0 Å². The molecule has 1 amide bonds. The molecular weight excluding hydrogens is 412 g/mol. The molecule has 0 bridgehead atoms. The third-order valence-corrected chi connectivity index (χ3v) is 5.73. The molecule has 6 nitrogen and oxygen atoms in total. The lowest BCUT2D eigenvalue weighted by molar-refractivity contribution is 0.0937. The number of aryl methyl sites for hydroxylation is 1. The van der Waals surface area contributed by atoms with Gasteiger partial charge >= 0.3 is 0 Å². The van der Waals surface area contributed by atoms with Crippen LogP contribution in [0.3, 0.4) is 0 Å². The Bertz CT molecular complexity index is 1250. The Labute approximate surface area is 194 Å². The molecule has 1 N–H and O–H groups in total. The average Bonchev–Trinajstić information content (AvgIpc) is 3.18. The number of benzene rings is 2. The fourth-order valence-corrected chi connectivity index (χ4v) is 4.00. The third-order valence-electron chi connectivity index (χ3n) is 5.73. The Kier molecular flexibility index (Phi) is 6.73. The van der Waals surface area contributed by atoms with E-state index in [1.54, 1.807) is 24.5 Å². The fraction of sp³-hybridized carbons (Fsp3) is 0.296. The number of nitrogens with one attached hydrogen (secondary N) is 1. The molecule has 0 fully saturated rings. The highest BCUT2D eigenvalue weighted by Gasteiger charge is 2.19. The zero-order valence-corrected chi connectivity index (χ0v) is 19.6. The number of hydrogen-bond acceptors (Lipinski definition) is 4. The third kappa shape index (κ3) is 5.06. The molecule has 4 rings (SSSR count). The number of amides is 1. The smallest absolute Gasteiger partial charge is 0.251 e. The predicted octanol–water partition coefficient (Wildman–Crippen LogP) is 5.43. The lowest BCUT2D eigenvalue weighted by atomic mass is 10.0. The van der Waals surface area contributed by atoms with Crippen molar-refractivity contribution in [1.29, 1.82) is 0 Å². The first kappa shape index (κ1) is 22.5. The number of pyridine rings is 1. The van der Waals surface area contributed by atoms with Crippen LogP contribution in [0, 0.1) is 6.92 Å². The van der Waals surface area contributed by atoms with Gasteiger partial charge < -0.3 is 14.6 Å². The summed E-state index contributed by atoms with van der Waals surface area (Å²) >= 11 is 0.